The third-order valence-electron chi connectivity index (χ3n) is 5.85. The molecule has 1 heterocycles. The van der Waals surface area contributed by atoms with Gasteiger partial charge in [0, 0.05) is 17.8 Å². The van der Waals surface area contributed by atoms with Crippen LogP contribution >= 0.6 is 12.2 Å². The molecule has 1 aliphatic heterocycles. The molecular formula is C28H28FN3O4S. The van der Waals surface area contributed by atoms with Gasteiger partial charge in [-0.05, 0) is 80.7 Å². The van der Waals surface area contributed by atoms with Crippen molar-refractivity contribution in [3.05, 3.63) is 84.2 Å². The highest BCUT2D eigenvalue weighted by atomic mass is 32.1. The molecule has 0 unspecified atom stereocenters. The molecule has 0 radical (unpaired) electrons. The van der Waals surface area contributed by atoms with E-state index in [-0.39, 0.29) is 29.9 Å². The van der Waals surface area contributed by atoms with Crippen LogP contribution in [0.15, 0.2) is 72.8 Å². The van der Waals surface area contributed by atoms with Crippen LogP contribution in [0, 0.1) is 5.82 Å². The van der Waals surface area contributed by atoms with E-state index in [9.17, 15) is 14.0 Å². The Morgan fingerprint density at radius 1 is 0.946 bits per heavy atom. The van der Waals surface area contributed by atoms with Crippen molar-refractivity contribution < 1.29 is 23.5 Å². The zero-order chi connectivity index (χ0) is 26.4. The number of carbonyl (C=O) groups is 2. The summed E-state index contributed by atoms with van der Waals surface area (Å²) in [6.07, 6.45) is -0.159. The highest BCUT2D eigenvalue weighted by Crippen LogP contribution is 2.30. The number of anilines is 2. The summed E-state index contributed by atoms with van der Waals surface area (Å²) in [7, 11) is 0. The Kier molecular flexibility index (Phi) is 8.35. The summed E-state index contributed by atoms with van der Waals surface area (Å²) in [5.74, 6) is 0.233. The summed E-state index contributed by atoms with van der Waals surface area (Å²) >= 11 is 5.68. The van der Waals surface area contributed by atoms with Crippen LogP contribution in [0.3, 0.4) is 0 Å². The van der Waals surface area contributed by atoms with Gasteiger partial charge in [0.05, 0.1) is 25.3 Å². The van der Waals surface area contributed by atoms with E-state index >= 15 is 0 Å². The predicted octanol–water partition coefficient (Wildman–Crippen LogP) is 5.15. The fourth-order valence-electron chi connectivity index (χ4n) is 4.11. The number of nitrogens with one attached hydrogen (secondary N) is 1. The van der Waals surface area contributed by atoms with Crippen LogP contribution in [0.4, 0.5) is 15.8 Å². The van der Waals surface area contributed by atoms with Crippen LogP contribution in [-0.4, -0.2) is 41.1 Å². The lowest BCUT2D eigenvalue weighted by Crippen LogP contribution is -2.37. The lowest BCUT2D eigenvalue weighted by molar-refractivity contribution is -0.124. The Morgan fingerprint density at radius 3 is 2.14 bits per heavy atom. The number of ether oxygens (including phenoxy) is 2. The summed E-state index contributed by atoms with van der Waals surface area (Å²) in [4.78, 5) is 29.6. The number of thiocarbonyl (C=S) groups is 1. The van der Waals surface area contributed by atoms with Gasteiger partial charge in [0.25, 0.3) is 5.91 Å². The van der Waals surface area contributed by atoms with Gasteiger partial charge in [-0.3, -0.25) is 14.5 Å². The maximum atomic E-state index is 14.5. The van der Waals surface area contributed by atoms with Gasteiger partial charge in [0.15, 0.2) is 5.11 Å². The first kappa shape index (κ1) is 26.1. The van der Waals surface area contributed by atoms with Crippen LogP contribution in [0.5, 0.6) is 11.5 Å². The zero-order valence-corrected chi connectivity index (χ0v) is 21.5. The number of benzene rings is 3. The van der Waals surface area contributed by atoms with E-state index in [4.69, 9.17) is 21.7 Å². The molecule has 9 heteroatoms. The average molecular weight is 522 g/mol. The van der Waals surface area contributed by atoms with E-state index in [1.165, 1.54) is 11.0 Å². The number of halogens is 1. The van der Waals surface area contributed by atoms with Crippen molar-refractivity contribution in [3.63, 3.8) is 0 Å². The maximum absolute atomic E-state index is 14.5. The van der Waals surface area contributed by atoms with E-state index in [0.29, 0.717) is 41.7 Å². The molecule has 0 saturated carbocycles. The van der Waals surface area contributed by atoms with Gasteiger partial charge < -0.3 is 19.7 Å². The topological polar surface area (TPSA) is 71.1 Å². The van der Waals surface area contributed by atoms with Crippen molar-refractivity contribution in [3.8, 4) is 11.5 Å². The monoisotopic (exact) mass is 521 g/mol. The molecule has 192 valence electrons. The molecule has 2 amide bonds. The molecule has 7 nitrogen and oxygen atoms in total. The number of hydrogen-bond acceptors (Lipinski definition) is 5. The van der Waals surface area contributed by atoms with Crippen molar-refractivity contribution in [2.24, 2.45) is 0 Å². The Labute approximate surface area is 220 Å². The summed E-state index contributed by atoms with van der Waals surface area (Å²) < 4.78 is 25.4. The second-order valence-electron chi connectivity index (χ2n) is 8.33. The van der Waals surface area contributed by atoms with Crippen molar-refractivity contribution in [2.45, 2.75) is 32.9 Å². The molecule has 1 fully saturated rings. The smallest absolute Gasteiger partial charge is 0.256 e. The molecule has 4 rings (SSSR count). The fraction of sp³-hybridized carbons (Fsp3) is 0.250. The van der Waals surface area contributed by atoms with Gasteiger partial charge in [0.1, 0.15) is 23.4 Å². The van der Waals surface area contributed by atoms with Gasteiger partial charge in [-0.1, -0.05) is 18.2 Å². The number of hydrogen-bond donors (Lipinski definition) is 1. The molecule has 3 aromatic carbocycles. The van der Waals surface area contributed by atoms with Crippen LogP contribution in [-0.2, 0) is 16.1 Å². The van der Waals surface area contributed by atoms with E-state index in [1.54, 1.807) is 71.6 Å². The Hall–Kier alpha value is -3.98. The minimum absolute atomic E-state index is 0.0474. The molecule has 1 saturated heterocycles. The zero-order valence-electron chi connectivity index (χ0n) is 20.6. The lowest BCUT2D eigenvalue weighted by atomic mass is 10.1. The molecular weight excluding hydrogens is 493 g/mol. The van der Waals surface area contributed by atoms with Crippen LogP contribution in [0.1, 0.15) is 25.8 Å². The summed E-state index contributed by atoms with van der Waals surface area (Å²) in [6, 6.07) is 19.4. The fourth-order valence-corrected chi connectivity index (χ4v) is 4.50. The molecule has 37 heavy (non-hydrogen) atoms. The first-order chi connectivity index (χ1) is 17.9. The first-order valence-electron chi connectivity index (χ1n) is 12.0. The van der Waals surface area contributed by atoms with Gasteiger partial charge in [-0.15, -0.1) is 0 Å². The van der Waals surface area contributed by atoms with E-state index in [1.807, 2.05) is 13.8 Å². The second kappa shape index (κ2) is 11.8. The number of rotatable bonds is 10. The number of amides is 2. The van der Waals surface area contributed by atoms with Gasteiger partial charge in [-0.25, -0.2) is 4.39 Å². The minimum Gasteiger partial charge on any atom is -0.494 e. The van der Waals surface area contributed by atoms with Crippen molar-refractivity contribution in [1.82, 2.24) is 4.90 Å². The van der Waals surface area contributed by atoms with Gasteiger partial charge >= 0.3 is 0 Å². The summed E-state index contributed by atoms with van der Waals surface area (Å²) in [6.45, 7) is 4.88. The molecule has 3 aromatic rings. The van der Waals surface area contributed by atoms with Crippen LogP contribution in [0.2, 0.25) is 0 Å². The molecule has 0 aromatic heterocycles. The minimum atomic E-state index is -0.902. The molecule has 1 N–H and O–H groups in total. The van der Waals surface area contributed by atoms with Crippen molar-refractivity contribution in [1.29, 1.82) is 0 Å². The summed E-state index contributed by atoms with van der Waals surface area (Å²) in [5, 5.41) is 3.02. The van der Waals surface area contributed by atoms with Gasteiger partial charge in [0.2, 0.25) is 5.91 Å². The Morgan fingerprint density at radius 2 is 1.54 bits per heavy atom. The summed E-state index contributed by atoms with van der Waals surface area (Å²) in [5.41, 5.74) is 1.50. The predicted molar refractivity (Wildman–Crippen MR) is 144 cm³/mol. The highest BCUT2D eigenvalue weighted by molar-refractivity contribution is 7.80. The number of nitrogens with zero attached hydrogens (tertiary/aromatic N) is 2. The molecule has 0 spiro atoms. The van der Waals surface area contributed by atoms with E-state index in [0.717, 1.165) is 0 Å². The molecule has 0 bridgehead atoms. The van der Waals surface area contributed by atoms with Crippen molar-refractivity contribution in [2.75, 3.05) is 23.4 Å². The van der Waals surface area contributed by atoms with Gasteiger partial charge in [-0.2, -0.15) is 0 Å². The second-order valence-corrected chi connectivity index (χ2v) is 8.69. The normalized spacial score (nSPS) is 15.2. The molecule has 0 aliphatic carbocycles. The van der Waals surface area contributed by atoms with Crippen LogP contribution < -0.4 is 19.7 Å². The standard InChI is InChI=1S/C28H28FN3O4S/c1-3-35-22-13-9-20(10-14-22)30-26(33)17-25-27(34)32(21-11-15-23(16-12-21)36-4-2)28(37)31(25)18-19-7-5-6-8-24(19)29/h5-16,25H,3-4,17-18H2,1-2H3,(H,30,33)/t25-/m0/s1. The Bertz CT molecular complexity index is 1270. The SMILES string of the molecule is CCOc1ccc(NC(=O)C[C@H]2C(=O)N(c3ccc(OCC)cc3)C(=S)N2Cc2ccccc2F)cc1. The first-order valence-corrected chi connectivity index (χ1v) is 12.5. The van der Waals surface area contributed by atoms with Crippen LogP contribution in [0.25, 0.3) is 0 Å². The molecule has 1 aliphatic rings. The lowest BCUT2D eigenvalue weighted by Gasteiger charge is -2.24. The Balaban J connectivity index is 1.57. The average Bonchev–Trinajstić information content (AvgIpc) is 3.11. The van der Waals surface area contributed by atoms with Crippen molar-refractivity contribution >= 4 is 40.5 Å². The van der Waals surface area contributed by atoms with E-state index < -0.39 is 11.9 Å². The maximum Gasteiger partial charge on any atom is 0.256 e. The third kappa shape index (κ3) is 6.06. The largest absolute Gasteiger partial charge is 0.494 e. The third-order valence-corrected chi connectivity index (χ3v) is 6.27. The number of carbonyl (C=O) groups excluding carboxylic acids is 2. The van der Waals surface area contributed by atoms with E-state index in [2.05, 4.69) is 5.32 Å². The highest BCUT2D eigenvalue weighted by Gasteiger charge is 2.44. The quantitative estimate of drug-likeness (QED) is 0.372. The molecule has 1 atom stereocenters.